The molecule has 3 rings (SSSR count). The fraction of sp³-hybridized carbons (Fsp3) is 0.615. The molecule has 0 amide bonds. The summed E-state index contributed by atoms with van der Waals surface area (Å²) >= 11 is 0. The van der Waals surface area contributed by atoms with Crippen molar-refractivity contribution >= 4 is 0 Å². The Morgan fingerprint density at radius 2 is 2.21 bits per heavy atom. The van der Waals surface area contributed by atoms with E-state index in [-0.39, 0.29) is 0 Å². The molecule has 1 fully saturated rings. The van der Waals surface area contributed by atoms with Gasteiger partial charge in [0.2, 0.25) is 0 Å². The second-order valence-corrected chi connectivity index (χ2v) is 5.13. The first-order chi connectivity index (χ1) is 6.73. The van der Waals surface area contributed by atoms with Gasteiger partial charge in [0.1, 0.15) is 0 Å². The zero-order chi connectivity index (χ0) is 9.76. The molecule has 2 aliphatic carbocycles. The van der Waals surface area contributed by atoms with E-state index in [1.54, 1.807) is 5.56 Å². The second kappa shape index (κ2) is 2.59. The number of aryl methyl sites for hydroxylation is 1. The SMILES string of the molecule is Cc1ccnc2c1C(C)CC21CCC1. The van der Waals surface area contributed by atoms with E-state index in [1.165, 1.54) is 36.9 Å². The van der Waals surface area contributed by atoms with Gasteiger partial charge in [-0.2, -0.15) is 0 Å². The largest absolute Gasteiger partial charge is 0.260 e. The number of hydrogen-bond acceptors (Lipinski definition) is 1. The summed E-state index contributed by atoms with van der Waals surface area (Å²) in [5, 5.41) is 0. The van der Waals surface area contributed by atoms with Gasteiger partial charge in [-0.25, -0.2) is 0 Å². The van der Waals surface area contributed by atoms with Gasteiger partial charge in [-0.3, -0.25) is 4.98 Å². The number of hydrogen-bond donors (Lipinski definition) is 0. The highest BCUT2D eigenvalue weighted by Crippen LogP contribution is 2.56. The lowest BCUT2D eigenvalue weighted by molar-refractivity contribution is 0.229. The zero-order valence-electron chi connectivity index (χ0n) is 9.01. The summed E-state index contributed by atoms with van der Waals surface area (Å²) in [4.78, 5) is 4.65. The van der Waals surface area contributed by atoms with E-state index in [1.807, 2.05) is 6.20 Å². The Bertz CT molecular complexity index is 377. The fourth-order valence-corrected chi connectivity index (χ4v) is 3.44. The van der Waals surface area contributed by atoms with Crippen molar-refractivity contribution in [1.82, 2.24) is 4.98 Å². The van der Waals surface area contributed by atoms with Crippen molar-refractivity contribution in [2.75, 3.05) is 0 Å². The average molecular weight is 187 g/mol. The number of rotatable bonds is 0. The summed E-state index contributed by atoms with van der Waals surface area (Å²) in [7, 11) is 0. The highest BCUT2D eigenvalue weighted by molar-refractivity contribution is 5.43. The maximum absolute atomic E-state index is 4.65. The minimum Gasteiger partial charge on any atom is -0.260 e. The molecule has 1 aromatic heterocycles. The first-order valence-electron chi connectivity index (χ1n) is 5.69. The minimum atomic E-state index is 0.501. The molecule has 0 N–H and O–H groups in total. The van der Waals surface area contributed by atoms with Gasteiger partial charge in [0.15, 0.2) is 0 Å². The summed E-state index contributed by atoms with van der Waals surface area (Å²) in [5.41, 5.74) is 4.95. The van der Waals surface area contributed by atoms with Crippen LogP contribution in [0.25, 0.3) is 0 Å². The Kier molecular flexibility index (Phi) is 1.56. The van der Waals surface area contributed by atoms with Gasteiger partial charge in [0.25, 0.3) is 0 Å². The van der Waals surface area contributed by atoms with Crippen molar-refractivity contribution in [2.45, 2.75) is 50.9 Å². The van der Waals surface area contributed by atoms with Gasteiger partial charge in [0, 0.05) is 11.6 Å². The van der Waals surface area contributed by atoms with E-state index >= 15 is 0 Å². The van der Waals surface area contributed by atoms with Crippen molar-refractivity contribution in [3.63, 3.8) is 0 Å². The summed E-state index contributed by atoms with van der Waals surface area (Å²) in [5.74, 6) is 0.735. The molecule has 1 heteroatoms. The minimum absolute atomic E-state index is 0.501. The molecule has 1 saturated carbocycles. The smallest absolute Gasteiger partial charge is 0.0502 e. The van der Waals surface area contributed by atoms with Crippen LogP contribution in [0.15, 0.2) is 12.3 Å². The van der Waals surface area contributed by atoms with Gasteiger partial charge < -0.3 is 0 Å². The van der Waals surface area contributed by atoms with Gasteiger partial charge in [0.05, 0.1) is 5.69 Å². The highest BCUT2D eigenvalue weighted by Gasteiger charge is 2.47. The summed E-state index contributed by atoms with van der Waals surface area (Å²) in [6.45, 7) is 4.59. The summed E-state index contributed by atoms with van der Waals surface area (Å²) in [6.07, 6.45) is 7.50. The summed E-state index contributed by atoms with van der Waals surface area (Å²) in [6, 6.07) is 2.16. The monoisotopic (exact) mass is 187 g/mol. The lowest BCUT2D eigenvalue weighted by Crippen LogP contribution is -2.32. The van der Waals surface area contributed by atoms with Crippen LogP contribution in [0.1, 0.15) is 55.3 Å². The molecule has 0 aromatic carbocycles. The molecule has 1 heterocycles. The lowest BCUT2D eigenvalue weighted by atomic mass is 9.66. The summed E-state index contributed by atoms with van der Waals surface area (Å²) < 4.78 is 0. The Morgan fingerprint density at radius 1 is 1.43 bits per heavy atom. The Labute approximate surface area is 85.6 Å². The lowest BCUT2D eigenvalue weighted by Gasteiger charge is -2.38. The van der Waals surface area contributed by atoms with E-state index in [0.717, 1.165) is 5.92 Å². The second-order valence-electron chi connectivity index (χ2n) is 5.13. The predicted octanol–water partition coefficient (Wildman–Crippen LogP) is 3.32. The van der Waals surface area contributed by atoms with Gasteiger partial charge >= 0.3 is 0 Å². The molecule has 1 aromatic rings. The molecule has 1 spiro atoms. The highest BCUT2D eigenvalue weighted by atomic mass is 14.8. The normalized spacial score (nSPS) is 27.4. The van der Waals surface area contributed by atoms with Crippen LogP contribution in [-0.4, -0.2) is 4.98 Å². The Hall–Kier alpha value is -0.850. The zero-order valence-corrected chi connectivity index (χ0v) is 9.01. The molecular weight excluding hydrogens is 170 g/mol. The van der Waals surface area contributed by atoms with Crippen LogP contribution in [0.3, 0.4) is 0 Å². The third kappa shape index (κ3) is 0.879. The molecule has 74 valence electrons. The van der Waals surface area contributed by atoms with Crippen molar-refractivity contribution < 1.29 is 0 Å². The van der Waals surface area contributed by atoms with Crippen molar-refractivity contribution in [3.05, 3.63) is 29.1 Å². The van der Waals surface area contributed by atoms with E-state index in [0.29, 0.717) is 5.41 Å². The van der Waals surface area contributed by atoms with Crippen LogP contribution in [-0.2, 0) is 5.41 Å². The average Bonchev–Trinajstić information content (AvgIpc) is 2.40. The Morgan fingerprint density at radius 3 is 2.86 bits per heavy atom. The third-order valence-electron chi connectivity index (χ3n) is 4.21. The van der Waals surface area contributed by atoms with Crippen molar-refractivity contribution in [3.8, 4) is 0 Å². The van der Waals surface area contributed by atoms with Gasteiger partial charge in [-0.05, 0) is 49.3 Å². The van der Waals surface area contributed by atoms with Crippen LogP contribution < -0.4 is 0 Å². The van der Waals surface area contributed by atoms with E-state index in [4.69, 9.17) is 0 Å². The quantitative estimate of drug-likeness (QED) is 0.607. The van der Waals surface area contributed by atoms with Crippen LogP contribution >= 0.6 is 0 Å². The van der Waals surface area contributed by atoms with E-state index < -0.39 is 0 Å². The van der Waals surface area contributed by atoms with Crippen LogP contribution in [0.5, 0.6) is 0 Å². The van der Waals surface area contributed by atoms with Crippen LogP contribution in [0.4, 0.5) is 0 Å². The molecule has 2 aliphatic rings. The van der Waals surface area contributed by atoms with Crippen molar-refractivity contribution in [2.24, 2.45) is 0 Å². The Balaban J connectivity index is 2.19. The number of aromatic nitrogens is 1. The number of pyridine rings is 1. The maximum Gasteiger partial charge on any atom is 0.0502 e. The van der Waals surface area contributed by atoms with Gasteiger partial charge in [-0.1, -0.05) is 13.3 Å². The molecule has 1 nitrogen and oxygen atoms in total. The molecule has 1 atom stereocenters. The van der Waals surface area contributed by atoms with Crippen molar-refractivity contribution in [1.29, 1.82) is 0 Å². The van der Waals surface area contributed by atoms with E-state index in [2.05, 4.69) is 24.9 Å². The predicted molar refractivity (Wildman–Crippen MR) is 57.5 cm³/mol. The van der Waals surface area contributed by atoms with E-state index in [9.17, 15) is 0 Å². The first kappa shape index (κ1) is 8.46. The number of nitrogens with zero attached hydrogens (tertiary/aromatic N) is 1. The third-order valence-corrected chi connectivity index (χ3v) is 4.21. The first-order valence-corrected chi connectivity index (χ1v) is 5.69. The molecule has 14 heavy (non-hydrogen) atoms. The molecule has 0 radical (unpaired) electrons. The van der Waals surface area contributed by atoms with Crippen LogP contribution in [0.2, 0.25) is 0 Å². The molecule has 1 unspecified atom stereocenters. The van der Waals surface area contributed by atoms with Crippen LogP contribution in [0, 0.1) is 6.92 Å². The standard InChI is InChI=1S/C13H17N/c1-9-4-7-14-12-11(9)10(2)8-13(12)5-3-6-13/h4,7,10H,3,5-6,8H2,1-2H3. The molecule has 0 aliphatic heterocycles. The van der Waals surface area contributed by atoms with Gasteiger partial charge in [-0.15, -0.1) is 0 Å². The molecular formula is C13H17N. The topological polar surface area (TPSA) is 12.9 Å². The molecule has 0 bridgehead atoms. The molecule has 0 saturated heterocycles. The number of fused-ring (bicyclic) bond motifs is 2. The maximum atomic E-state index is 4.65. The fourth-order valence-electron chi connectivity index (χ4n) is 3.44.